The molecule has 2 saturated heterocycles. The zero-order valence-corrected chi connectivity index (χ0v) is 19.5. The molecular formula is C24H31FN4O3S. The van der Waals surface area contributed by atoms with Crippen LogP contribution in [-0.2, 0) is 14.6 Å². The SMILES string of the molecule is O=C(NCCN1CCN(c2ccc(F)cc2)CC1)C(c1ccccc1)N1CCS(=O)(=O)CC1. The Morgan fingerprint density at radius 3 is 2.18 bits per heavy atom. The smallest absolute Gasteiger partial charge is 0.242 e. The second-order valence-electron chi connectivity index (χ2n) is 8.60. The van der Waals surface area contributed by atoms with E-state index in [1.54, 1.807) is 12.1 Å². The average molecular weight is 475 g/mol. The maximum Gasteiger partial charge on any atom is 0.242 e. The lowest BCUT2D eigenvalue weighted by Crippen LogP contribution is -2.50. The van der Waals surface area contributed by atoms with Gasteiger partial charge in [0.2, 0.25) is 5.91 Å². The number of halogens is 1. The quantitative estimate of drug-likeness (QED) is 0.656. The van der Waals surface area contributed by atoms with Crippen LogP contribution in [0.15, 0.2) is 54.6 Å². The van der Waals surface area contributed by atoms with Crippen LogP contribution < -0.4 is 10.2 Å². The number of rotatable bonds is 7. The van der Waals surface area contributed by atoms with Gasteiger partial charge < -0.3 is 10.2 Å². The van der Waals surface area contributed by atoms with E-state index >= 15 is 0 Å². The van der Waals surface area contributed by atoms with E-state index in [1.165, 1.54) is 12.1 Å². The summed E-state index contributed by atoms with van der Waals surface area (Å²) in [5, 5.41) is 3.07. The number of piperazine rings is 1. The fourth-order valence-electron chi connectivity index (χ4n) is 4.46. The predicted molar refractivity (Wildman–Crippen MR) is 127 cm³/mol. The summed E-state index contributed by atoms with van der Waals surface area (Å²) in [6, 6.07) is 15.6. The molecule has 2 aromatic rings. The van der Waals surface area contributed by atoms with Crippen molar-refractivity contribution in [3.8, 4) is 0 Å². The number of amides is 1. The Hall–Kier alpha value is -2.49. The molecule has 1 amide bonds. The summed E-state index contributed by atoms with van der Waals surface area (Å²) >= 11 is 0. The molecule has 0 aliphatic carbocycles. The zero-order chi connectivity index (χ0) is 23.3. The van der Waals surface area contributed by atoms with Gasteiger partial charge in [-0.15, -0.1) is 0 Å². The number of benzene rings is 2. The van der Waals surface area contributed by atoms with Crippen LogP contribution in [0.2, 0.25) is 0 Å². The lowest BCUT2D eigenvalue weighted by Gasteiger charge is -2.36. The van der Waals surface area contributed by atoms with Crippen molar-refractivity contribution < 1.29 is 17.6 Å². The lowest BCUT2D eigenvalue weighted by molar-refractivity contribution is -0.126. The van der Waals surface area contributed by atoms with Crippen molar-refractivity contribution in [3.63, 3.8) is 0 Å². The van der Waals surface area contributed by atoms with Crippen LogP contribution >= 0.6 is 0 Å². The molecule has 2 aliphatic heterocycles. The Morgan fingerprint density at radius 1 is 0.909 bits per heavy atom. The molecule has 33 heavy (non-hydrogen) atoms. The summed E-state index contributed by atoms with van der Waals surface area (Å²) in [5.41, 5.74) is 1.90. The van der Waals surface area contributed by atoms with Crippen molar-refractivity contribution in [2.45, 2.75) is 6.04 Å². The molecule has 0 bridgehead atoms. The Morgan fingerprint density at radius 2 is 1.55 bits per heavy atom. The van der Waals surface area contributed by atoms with Gasteiger partial charge in [0.25, 0.3) is 0 Å². The molecule has 2 fully saturated rings. The topological polar surface area (TPSA) is 73.0 Å². The van der Waals surface area contributed by atoms with E-state index in [2.05, 4.69) is 15.1 Å². The van der Waals surface area contributed by atoms with Crippen molar-refractivity contribution in [1.29, 1.82) is 0 Å². The second-order valence-corrected chi connectivity index (χ2v) is 10.9. The highest BCUT2D eigenvalue weighted by Gasteiger charge is 2.32. The van der Waals surface area contributed by atoms with Gasteiger partial charge in [0.15, 0.2) is 9.84 Å². The predicted octanol–water partition coefficient (Wildman–Crippen LogP) is 1.54. The normalized spacial score (nSPS) is 20.3. The van der Waals surface area contributed by atoms with E-state index in [0.717, 1.165) is 44.0 Å². The van der Waals surface area contributed by atoms with Gasteiger partial charge in [0.05, 0.1) is 11.5 Å². The van der Waals surface area contributed by atoms with Gasteiger partial charge in [-0.2, -0.15) is 0 Å². The fraction of sp³-hybridized carbons (Fsp3) is 0.458. The van der Waals surface area contributed by atoms with Gasteiger partial charge in [-0.25, -0.2) is 12.8 Å². The van der Waals surface area contributed by atoms with Crippen LogP contribution in [0, 0.1) is 5.82 Å². The fourth-order valence-corrected chi connectivity index (χ4v) is 5.69. The van der Waals surface area contributed by atoms with Crippen LogP contribution in [0.25, 0.3) is 0 Å². The first-order valence-electron chi connectivity index (χ1n) is 11.4. The first-order valence-corrected chi connectivity index (χ1v) is 13.2. The molecular weight excluding hydrogens is 443 g/mol. The van der Waals surface area contributed by atoms with Gasteiger partial charge in [-0.05, 0) is 29.8 Å². The molecule has 2 aromatic carbocycles. The number of carbonyl (C=O) groups excluding carboxylic acids is 1. The summed E-state index contributed by atoms with van der Waals surface area (Å²) in [6.45, 7) is 5.46. The number of hydrogen-bond acceptors (Lipinski definition) is 6. The Labute approximate surface area is 195 Å². The van der Waals surface area contributed by atoms with E-state index in [1.807, 2.05) is 35.2 Å². The largest absolute Gasteiger partial charge is 0.369 e. The highest BCUT2D eigenvalue weighted by molar-refractivity contribution is 7.91. The van der Waals surface area contributed by atoms with Crippen LogP contribution in [-0.4, -0.2) is 88.0 Å². The maximum absolute atomic E-state index is 13.2. The van der Waals surface area contributed by atoms with Gasteiger partial charge in [0.1, 0.15) is 11.9 Å². The monoisotopic (exact) mass is 474 g/mol. The molecule has 0 radical (unpaired) electrons. The number of sulfone groups is 1. The van der Waals surface area contributed by atoms with Crippen LogP contribution in [0.5, 0.6) is 0 Å². The highest BCUT2D eigenvalue weighted by Crippen LogP contribution is 2.23. The minimum Gasteiger partial charge on any atom is -0.369 e. The number of nitrogens with one attached hydrogen (secondary N) is 1. The molecule has 0 saturated carbocycles. The third-order valence-electron chi connectivity index (χ3n) is 6.40. The molecule has 1 atom stereocenters. The average Bonchev–Trinajstić information content (AvgIpc) is 2.82. The summed E-state index contributed by atoms with van der Waals surface area (Å²) in [4.78, 5) is 19.7. The van der Waals surface area contributed by atoms with Gasteiger partial charge >= 0.3 is 0 Å². The minimum atomic E-state index is -3.02. The molecule has 7 nitrogen and oxygen atoms in total. The number of nitrogens with zero attached hydrogens (tertiary/aromatic N) is 3. The highest BCUT2D eigenvalue weighted by atomic mass is 32.2. The zero-order valence-electron chi connectivity index (χ0n) is 18.7. The maximum atomic E-state index is 13.2. The Bertz CT molecular complexity index is 1010. The van der Waals surface area contributed by atoms with E-state index in [-0.39, 0.29) is 23.2 Å². The lowest BCUT2D eigenvalue weighted by atomic mass is 10.0. The van der Waals surface area contributed by atoms with Crippen LogP contribution in [0.3, 0.4) is 0 Å². The number of anilines is 1. The Balaban J connectivity index is 1.28. The van der Waals surface area contributed by atoms with E-state index < -0.39 is 15.9 Å². The van der Waals surface area contributed by atoms with Crippen molar-refractivity contribution in [3.05, 3.63) is 66.0 Å². The molecule has 2 heterocycles. The third-order valence-corrected chi connectivity index (χ3v) is 8.01. The Kier molecular flexibility index (Phi) is 7.62. The summed E-state index contributed by atoms with van der Waals surface area (Å²) in [5.74, 6) is -0.150. The molecule has 4 rings (SSSR count). The minimum absolute atomic E-state index is 0.0853. The molecule has 1 unspecified atom stereocenters. The summed E-state index contributed by atoms with van der Waals surface area (Å²) < 4.78 is 36.8. The summed E-state index contributed by atoms with van der Waals surface area (Å²) in [6.07, 6.45) is 0. The van der Waals surface area contributed by atoms with Crippen molar-refractivity contribution >= 4 is 21.4 Å². The van der Waals surface area contributed by atoms with Crippen molar-refractivity contribution in [1.82, 2.24) is 15.1 Å². The molecule has 0 spiro atoms. The van der Waals surface area contributed by atoms with E-state index in [4.69, 9.17) is 0 Å². The van der Waals surface area contributed by atoms with Gasteiger partial charge in [-0.1, -0.05) is 30.3 Å². The van der Waals surface area contributed by atoms with E-state index in [9.17, 15) is 17.6 Å². The van der Waals surface area contributed by atoms with Crippen molar-refractivity contribution in [2.75, 3.05) is 68.8 Å². The first-order chi connectivity index (χ1) is 15.9. The molecule has 1 N–H and O–H groups in total. The first kappa shape index (κ1) is 23.7. The van der Waals surface area contributed by atoms with Gasteiger partial charge in [0, 0.05) is 58.0 Å². The molecule has 9 heteroatoms. The number of carbonyl (C=O) groups is 1. The van der Waals surface area contributed by atoms with Crippen LogP contribution in [0.1, 0.15) is 11.6 Å². The van der Waals surface area contributed by atoms with Gasteiger partial charge in [-0.3, -0.25) is 14.6 Å². The second kappa shape index (κ2) is 10.6. The molecule has 2 aliphatic rings. The van der Waals surface area contributed by atoms with E-state index in [0.29, 0.717) is 19.6 Å². The van der Waals surface area contributed by atoms with Crippen molar-refractivity contribution in [2.24, 2.45) is 0 Å². The standard InChI is InChI=1S/C24H31FN4O3S/c25-21-6-8-22(9-7-21)28-14-12-27(13-15-28)11-10-26-24(30)23(20-4-2-1-3-5-20)29-16-18-33(31,32)19-17-29/h1-9,23H,10-19H2,(H,26,30). The molecule has 0 aromatic heterocycles. The molecule has 178 valence electrons. The summed E-state index contributed by atoms with van der Waals surface area (Å²) in [7, 11) is -3.02. The van der Waals surface area contributed by atoms with Crippen LogP contribution in [0.4, 0.5) is 10.1 Å². The number of hydrogen-bond donors (Lipinski definition) is 1. The third kappa shape index (κ3) is 6.31.